The van der Waals surface area contributed by atoms with Crippen molar-refractivity contribution in [1.82, 2.24) is 9.88 Å². The molecule has 1 aromatic heterocycles. The number of aryl methyl sites for hydroxylation is 1. The number of rotatable bonds is 2. The number of urea groups is 1. The summed E-state index contributed by atoms with van der Waals surface area (Å²) in [4.78, 5) is 22.8. The molecule has 0 aromatic carbocycles. The van der Waals surface area contributed by atoms with Gasteiger partial charge in [0.05, 0.1) is 0 Å². The molecule has 0 radical (unpaired) electrons. The minimum Gasteiger partial charge on any atom is -0.338 e. The minimum absolute atomic E-state index is 0.246. The van der Waals surface area contributed by atoms with Crippen molar-refractivity contribution < 1.29 is 4.79 Å². The van der Waals surface area contributed by atoms with E-state index >= 15 is 0 Å². The third kappa shape index (κ3) is 3.09. The minimum atomic E-state index is -0.382. The van der Waals surface area contributed by atoms with Crippen LogP contribution in [0.15, 0.2) is 21.5 Å². The van der Waals surface area contributed by atoms with Crippen LogP contribution in [0.25, 0.3) is 0 Å². The first-order valence-corrected chi connectivity index (χ1v) is 5.25. The number of pyridine rings is 1. The molecule has 0 spiro atoms. The fourth-order valence-electron chi connectivity index (χ4n) is 1.09. The van der Waals surface area contributed by atoms with Gasteiger partial charge in [-0.25, -0.2) is 4.79 Å². The van der Waals surface area contributed by atoms with Crippen molar-refractivity contribution in [2.45, 2.75) is 6.92 Å². The average molecular weight is 274 g/mol. The number of aromatic nitrogens is 1. The smallest absolute Gasteiger partial charge is 0.319 e. The van der Waals surface area contributed by atoms with E-state index in [9.17, 15) is 9.59 Å². The average Bonchev–Trinajstić information content (AvgIpc) is 2.13. The van der Waals surface area contributed by atoms with E-state index in [1.54, 1.807) is 26.2 Å². The second kappa shape index (κ2) is 4.97. The number of nitrogens with zero attached hydrogens (tertiary/aromatic N) is 1. The lowest BCUT2D eigenvalue weighted by atomic mass is 10.4. The largest absolute Gasteiger partial charge is 0.338 e. The highest BCUT2D eigenvalue weighted by Crippen LogP contribution is 2.11. The van der Waals surface area contributed by atoms with E-state index in [1.807, 2.05) is 0 Å². The molecule has 0 unspecified atom stereocenters. The van der Waals surface area contributed by atoms with Crippen molar-refractivity contribution in [3.8, 4) is 0 Å². The summed E-state index contributed by atoms with van der Waals surface area (Å²) in [5.74, 6) is 0. The van der Waals surface area contributed by atoms with E-state index in [1.165, 1.54) is 4.57 Å². The molecule has 82 valence electrons. The van der Waals surface area contributed by atoms with Gasteiger partial charge in [0.2, 0.25) is 0 Å². The number of amides is 2. The van der Waals surface area contributed by atoms with E-state index in [2.05, 4.69) is 26.6 Å². The highest BCUT2D eigenvalue weighted by atomic mass is 79.9. The molecule has 0 saturated heterocycles. The molecule has 0 aliphatic heterocycles. The first-order valence-electron chi connectivity index (χ1n) is 4.45. The molecule has 6 heteroatoms. The second-order valence-corrected chi connectivity index (χ2v) is 3.89. The molecule has 1 heterocycles. The van der Waals surface area contributed by atoms with Gasteiger partial charge in [0.15, 0.2) is 0 Å². The maximum atomic E-state index is 11.6. The van der Waals surface area contributed by atoms with E-state index < -0.39 is 0 Å². The zero-order valence-electron chi connectivity index (χ0n) is 8.50. The Morgan fingerprint density at radius 3 is 2.87 bits per heavy atom. The van der Waals surface area contributed by atoms with Crippen LogP contribution in [-0.2, 0) is 7.05 Å². The lowest BCUT2D eigenvalue weighted by Gasteiger charge is -2.07. The van der Waals surface area contributed by atoms with Crippen molar-refractivity contribution >= 4 is 27.6 Å². The topological polar surface area (TPSA) is 63.1 Å². The molecular weight excluding hydrogens is 262 g/mol. The number of halogens is 1. The van der Waals surface area contributed by atoms with Crippen molar-refractivity contribution in [3.05, 3.63) is 27.1 Å². The van der Waals surface area contributed by atoms with Gasteiger partial charge >= 0.3 is 6.03 Å². The third-order valence-electron chi connectivity index (χ3n) is 1.74. The van der Waals surface area contributed by atoms with Crippen LogP contribution in [0.4, 0.5) is 10.5 Å². The van der Waals surface area contributed by atoms with Crippen LogP contribution >= 0.6 is 15.9 Å². The van der Waals surface area contributed by atoms with Crippen LogP contribution in [0.1, 0.15) is 6.92 Å². The molecule has 0 bridgehead atoms. The Labute approximate surface area is 95.6 Å². The summed E-state index contributed by atoms with van der Waals surface area (Å²) >= 11 is 3.24. The molecule has 5 nitrogen and oxygen atoms in total. The van der Waals surface area contributed by atoms with E-state index in [0.717, 1.165) is 4.47 Å². The lowest BCUT2D eigenvalue weighted by molar-refractivity contribution is 0.252. The molecule has 1 aromatic rings. The fourth-order valence-corrected chi connectivity index (χ4v) is 1.62. The Kier molecular flexibility index (Phi) is 3.90. The molecular formula is C9H12BrN3O2. The van der Waals surface area contributed by atoms with Gasteiger partial charge in [0, 0.05) is 24.3 Å². The first-order chi connectivity index (χ1) is 7.04. The standard InChI is InChI=1S/C9H12BrN3O2/c1-3-11-9(15)12-7-4-6(10)5-13(2)8(7)14/h4-5H,3H2,1-2H3,(H2,11,12,15). The summed E-state index contributed by atoms with van der Waals surface area (Å²) in [7, 11) is 1.62. The zero-order valence-corrected chi connectivity index (χ0v) is 10.1. The summed E-state index contributed by atoms with van der Waals surface area (Å²) in [5.41, 5.74) is 0.00211. The molecule has 2 N–H and O–H groups in total. The van der Waals surface area contributed by atoms with Crippen molar-refractivity contribution in [1.29, 1.82) is 0 Å². The summed E-state index contributed by atoms with van der Waals surface area (Å²) in [6, 6.07) is 1.19. The van der Waals surface area contributed by atoms with Crippen LogP contribution in [-0.4, -0.2) is 17.1 Å². The van der Waals surface area contributed by atoms with Crippen LogP contribution in [0.2, 0.25) is 0 Å². The Morgan fingerprint density at radius 1 is 1.60 bits per heavy atom. The normalized spacial score (nSPS) is 9.80. The first kappa shape index (κ1) is 11.8. The van der Waals surface area contributed by atoms with Crippen molar-refractivity contribution in [2.24, 2.45) is 7.05 Å². The predicted molar refractivity (Wildman–Crippen MR) is 62.1 cm³/mol. The highest BCUT2D eigenvalue weighted by Gasteiger charge is 2.06. The molecule has 0 fully saturated rings. The number of carbonyl (C=O) groups excluding carboxylic acids is 1. The Hall–Kier alpha value is -1.30. The second-order valence-electron chi connectivity index (χ2n) is 2.97. The van der Waals surface area contributed by atoms with Gasteiger partial charge < -0.3 is 15.2 Å². The van der Waals surface area contributed by atoms with Gasteiger partial charge in [0.25, 0.3) is 5.56 Å². The van der Waals surface area contributed by atoms with Crippen molar-refractivity contribution in [2.75, 3.05) is 11.9 Å². The van der Waals surface area contributed by atoms with Crippen LogP contribution < -0.4 is 16.2 Å². The summed E-state index contributed by atoms with van der Waals surface area (Å²) in [6.07, 6.45) is 1.63. The van der Waals surface area contributed by atoms with Gasteiger partial charge in [-0.2, -0.15) is 0 Å². The molecule has 0 atom stereocenters. The zero-order chi connectivity index (χ0) is 11.4. The lowest BCUT2D eigenvalue weighted by Crippen LogP contribution is -2.32. The number of carbonyl (C=O) groups is 1. The molecule has 15 heavy (non-hydrogen) atoms. The van der Waals surface area contributed by atoms with E-state index in [-0.39, 0.29) is 17.3 Å². The SMILES string of the molecule is CCNC(=O)Nc1cc(Br)cn(C)c1=O. The fraction of sp³-hybridized carbons (Fsp3) is 0.333. The molecule has 0 saturated carbocycles. The van der Waals surface area contributed by atoms with Crippen molar-refractivity contribution in [3.63, 3.8) is 0 Å². The monoisotopic (exact) mass is 273 g/mol. The van der Waals surface area contributed by atoms with Crippen LogP contribution in [0.3, 0.4) is 0 Å². The molecule has 0 aliphatic rings. The van der Waals surface area contributed by atoms with Crippen LogP contribution in [0, 0.1) is 0 Å². The summed E-state index contributed by atoms with van der Waals surface area (Å²) in [5, 5.41) is 5.03. The van der Waals surface area contributed by atoms with E-state index in [4.69, 9.17) is 0 Å². The predicted octanol–water partition coefficient (Wildman–Crippen LogP) is 1.29. The van der Waals surface area contributed by atoms with Gasteiger partial charge in [-0.05, 0) is 28.9 Å². The van der Waals surface area contributed by atoms with Gasteiger partial charge in [0.1, 0.15) is 5.69 Å². The number of hydrogen-bond acceptors (Lipinski definition) is 2. The Bertz CT molecular complexity index is 428. The van der Waals surface area contributed by atoms with Gasteiger partial charge in [-0.1, -0.05) is 0 Å². The highest BCUT2D eigenvalue weighted by molar-refractivity contribution is 9.10. The quantitative estimate of drug-likeness (QED) is 0.853. The maximum absolute atomic E-state index is 11.6. The number of nitrogens with one attached hydrogen (secondary N) is 2. The summed E-state index contributed by atoms with van der Waals surface area (Å²) in [6.45, 7) is 2.32. The molecule has 1 rings (SSSR count). The Morgan fingerprint density at radius 2 is 2.27 bits per heavy atom. The number of anilines is 1. The third-order valence-corrected chi connectivity index (χ3v) is 2.17. The molecule has 0 aliphatic carbocycles. The van der Waals surface area contributed by atoms with Crippen LogP contribution in [0.5, 0.6) is 0 Å². The van der Waals surface area contributed by atoms with Gasteiger partial charge in [-0.3, -0.25) is 4.79 Å². The maximum Gasteiger partial charge on any atom is 0.319 e. The van der Waals surface area contributed by atoms with E-state index in [0.29, 0.717) is 6.54 Å². The number of hydrogen-bond donors (Lipinski definition) is 2. The van der Waals surface area contributed by atoms with Gasteiger partial charge in [-0.15, -0.1) is 0 Å². The molecule has 2 amide bonds. The summed E-state index contributed by atoms with van der Waals surface area (Å²) < 4.78 is 2.13. The Balaban J connectivity index is 2.95.